The molecule has 7 aromatic carbocycles. The molecule has 11 rings (SSSR count). The van der Waals surface area contributed by atoms with Crippen LogP contribution in [0.1, 0.15) is 22.9 Å². The first kappa shape index (κ1) is 30.7. The highest BCUT2D eigenvalue weighted by Crippen LogP contribution is 2.41. The van der Waals surface area contributed by atoms with Crippen molar-refractivity contribution in [3.05, 3.63) is 187 Å². The van der Waals surface area contributed by atoms with E-state index in [2.05, 4.69) is 145 Å². The predicted molar refractivity (Wildman–Crippen MR) is 225 cm³/mol. The van der Waals surface area contributed by atoms with Crippen molar-refractivity contribution in [2.75, 3.05) is 0 Å². The van der Waals surface area contributed by atoms with Crippen LogP contribution in [-0.4, -0.2) is 16.7 Å². The lowest BCUT2D eigenvalue weighted by Crippen LogP contribution is -2.33. The monoisotopic (exact) mass is 710 g/mol. The fourth-order valence-corrected chi connectivity index (χ4v) is 8.94. The lowest BCUT2D eigenvalue weighted by molar-refractivity contribution is 0.669. The van der Waals surface area contributed by atoms with Gasteiger partial charge < -0.3 is 9.73 Å². The van der Waals surface area contributed by atoms with Crippen LogP contribution < -0.4 is 5.32 Å². The molecule has 6 heteroatoms. The average molecular weight is 711 g/mol. The van der Waals surface area contributed by atoms with Gasteiger partial charge in [0, 0.05) is 53.0 Å². The van der Waals surface area contributed by atoms with Crippen LogP contribution in [0.25, 0.3) is 75.4 Å². The topological polar surface area (TPSA) is 62.8 Å². The SMILES string of the molecule is c1ccc(-c2nc3ccccc3c3c2oc2ccc(-c4ccc(C5=NC(c6ccccc6)NC(c6cccc7c6sc6ccccc67)=N5)cc4)cc23)cc1. The van der Waals surface area contributed by atoms with Crippen molar-refractivity contribution in [2.45, 2.75) is 6.17 Å². The summed E-state index contributed by atoms with van der Waals surface area (Å²) in [4.78, 5) is 15.4. The predicted octanol–water partition coefficient (Wildman–Crippen LogP) is 12.3. The van der Waals surface area contributed by atoms with Gasteiger partial charge in [-0.05, 0) is 47.0 Å². The van der Waals surface area contributed by atoms with Gasteiger partial charge in [0.25, 0.3) is 0 Å². The molecule has 54 heavy (non-hydrogen) atoms. The molecule has 0 radical (unpaired) electrons. The van der Waals surface area contributed by atoms with Crippen LogP contribution in [0.5, 0.6) is 0 Å². The smallest absolute Gasteiger partial charge is 0.162 e. The van der Waals surface area contributed by atoms with E-state index in [1.54, 1.807) is 11.3 Å². The number of benzene rings is 7. The van der Waals surface area contributed by atoms with Crippen LogP contribution in [0.15, 0.2) is 184 Å². The van der Waals surface area contributed by atoms with E-state index in [9.17, 15) is 0 Å². The number of aromatic nitrogens is 1. The number of furan rings is 1. The Morgan fingerprint density at radius 3 is 2.11 bits per heavy atom. The van der Waals surface area contributed by atoms with E-state index in [4.69, 9.17) is 19.4 Å². The molecular formula is C48H30N4OS. The van der Waals surface area contributed by atoms with Crippen LogP contribution >= 0.6 is 11.3 Å². The Morgan fingerprint density at radius 2 is 1.26 bits per heavy atom. The third kappa shape index (κ3) is 5.03. The number of nitrogens with one attached hydrogen (secondary N) is 1. The van der Waals surface area contributed by atoms with Gasteiger partial charge in [0.05, 0.1) is 5.52 Å². The Labute approximate surface area is 314 Å². The number of rotatable bonds is 5. The summed E-state index contributed by atoms with van der Waals surface area (Å²) >= 11 is 1.81. The van der Waals surface area contributed by atoms with Crippen molar-refractivity contribution in [3.63, 3.8) is 0 Å². The molecule has 0 saturated carbocycles. The van der Waals surface area contributed by atoms with Crippen LogP contribution in [0, 0.1) is 0 Å². The average Bonchev–Trinajstić information content (AvgIpc) is 3.83. The van der Waals surface area contributed by atoms with Gasteiger partial charge in [-0.3, -0.25) is 0 Å². The molecule has 5 nitrogen and oxygen atoms in total. The molecule has 1 atom stereocenters. The van der Waals surface area contributed by atoms with Gasteiger partial charge in [0.1, 0.15) is 23.3 Å². The molecule has 254 valence electrons. The molecule has 1 aliphatic rings. The molecule has 0 bridgehead atoms. The Balaban J connectivity index is 1.01. The maximum absolute atomic E-state index is 6.57. The molecular weight excluding hydrogens is 681 g/mol. The summed E-state index contributed by atoms with van der Waals surface area (Å²) in [7, 11) is 0. The molecule has 4 heterocycles. The lowest BCUT2D eigenvalue weighted by atomic mass is 9.99. The van der Waals surface area contributed by atoms with Crippen molar-refractivity contribution in [3.8, 4) is 22.4 Å². The minimum absolute atomic E-state index is 0.278. The first-order valence-corrected chi connectivity index (χ1v) is 18.9. The highest BCUT2D eigenvalue weighted by Gasteiger charge is 2.23. The van der Waals surface area contributed by atoms with Crippen LogP contribution in [0.4, 0.5) is 0 Å². The van der Waals surface area contributed by atoms with Gasteiger partial charge in [-0.15, -0.1) is 11.3 Å². The Bertz CT molecular complexity index is 3120. The van der Waals surface area contributed by atoms with Crippen molar-refractivity contribution in [2.24, 2.45) is 9.98 Å². The second-order valence-corrected chi connectivity index (χ2v) is 14.6. The fraction of sp³-hybridized carbons (Fsp3) is 0.0208. The van der Waals surface area contributed by atoms with Crippen molar-refractivity contribution >= 4 is 76.0 Å². The van der Waals surface area contributed by atoms with Gasteiger partial charge in [-0.2, -0.15) is 0 Å². The third-order valence-corrected chi connectivity index (χ3v) is 11.6. The summed E-state index contributed by atoms with van der Waals surface area (Å²) in [6, 6.07) is 59.1. The number of amidine groups is 2. The number of hydrogen-bond acceptors (Lipinski definition) is 6. The highest BCUT2D eigenvalue weighted by molar-refractivity contribution is 7.26. The Hall–Kier alpha value is -6.89. The van der Waals surface area contributed by atoms with Crippen LogP contribution in [0.2, 0.25) is 0 Å². The summed E-state index contributed by atoms with van der Waals surface area (Å²) in [5, 5.41) is 9.41. The van der Waals surface area contributed by atoms with E-state index >= 15 is 0 Å². The molecule has 3 aromatic heterocycles. The zero-order chi connectivity index (χ0) is 35.6. The van der Waals surface area contributed by atoms with Crippen LogP contribution in [0.3, 0.4) is 0 Å². The lowest BCUT2D eigenvalue weighted by Gasteiger charge is -2.24. The number of pyridine rings is 1. The van der Waals surface area contributed by atoms with E-state index < -0.39 is 0 Å². The molecule has 0 aliphatic carbocycles. The molecule has 1 N–H and O–H groups in total. The fourth-order valence-electron chi connectivity index (χ4n) is 7.72. The molecule has 0 fully saturated rings. The molecule has 0 spiro atoms. The van der Waals surface area contributed by atoms with E-state index in [0.29, 0.717) is 5.84 Å². The largest absolute Gasteiger partial charge is 0.454 e. The Kier molecular flexibility index (Phi) is 7.03. The van der Waals surface area contributed by atoms with E-state index in [1.165, 1.54) is 20.2 Å². The standard InChI is InChI=1S/C48H30N4OS/c1-3-12-30(13-4-1)43-44-42(36-17-7-9-20-39(36)49-43)38-28-33(26-27-40(38)53-44)29-22-24-32(25-23-29)47-50-46(31-14-5-2-6-15-31)51-48(52-47)37-19-11-18-35-34-16-8-10-21-41(34)54-45(35)37/h1-28,46H,(H,50,51,52). The Morgan fingerprint density at radius 1 is 0.556 bits per heavy atom. The minimum atomic E-state index is -0.278. The van der Waals surface area contributed by atoms with Crippen molar-refractivity contribution in [1.82, 2.24) is 10.3 Å². The number of aliphatic imine (C=N–C) groups is 2. The first-order valence-electron chi connectivity index (χ1n) is 18.0. The summed E-state index contributed by atoms with van der Waals surface area (Å²) < 4.78 is 9.06. The van der Waals surface area contributed by atoms with Gasteiger partial charge >= 0.3 is 0 Å². The van der Waals surface area contributed by atoms with Gasteiger partial charge in [0.15, 0.2) is 11.4 Å². The van der Waals surface area contributed by atoms with Gasteiger partial charge in [-0.1, -0.05) is 140 Å². The summed E-state index contributed by atoms with van der Waals surface area (Å²) in [6.45, 7) is 0. The van der Waals surface area contributed by atoms with E-state index in [0.717, 1.165) is 77.8 Å². The second-order valence-electron chi connectivity index (χ2n) is 13.6. The zero-order valence-electron chi connectivity index (χ0n) is 28.9. The summed E-state index contributed by atoms with van der Waals surface area (Å²) in [6.07, 6.45) is -0.278. The van der Waals surface area contributed by atoms with Crippen molar-refractivity contribution in [1.29, 1.82) is 0 Å². The minimum Gasteiger partial charge on any atom is -0.454 e. The molecule has 0 saturated heterocycles. The second kappa shape index (κ2) is 12.4. The van der Waals surface area contributed by atoms with Crippen LogP contribution in [-0.2, 0) is 0 Å². The van der Waals surface area contributed by atoms with Crippen molar-refractivity contribution < 1.29 is 4.42 Å². The normalized spacial score (nSPS) is 14.5. The maximum Gasteiger partial charge on any atom is 0.162 e. The zero-order valence-corrected chi connectivity index (χ0v) is 29.7. The van der Waals surface area contributed by atoms with Gasteiger partial charge in [-0.25, -0.2) is 15.0 Å². The highest BCUT2D eigenvalue weighted by atomic mass is 32.1. The maximum atomic E-state index is 6.57. The third-order valence-electron chi connectivity index (χ3n) is 10.3. The number of para-hydroxylation sites is 1. The molecule has 1 aliphatic heterocycles. The summed E-state index contributed by atoms with van der Waals surface area (Å²) in [5.74, 6) is 1.52. The number of nitrogens with zero attached hydrogens (tertiary/aromatic N) is 3. The first-order chi connectivity index (χ1) is 26.7. The number of hydrogen-bond donors (Lipinski definition) is 1. The number of thiophene rings is 1. The number of fused-ring (bicyclic) bond motifs is 8. The molecule has 10 aromatic rings. The summed E-state index contributed by atoms with van der Waals surface area (Å²) in [5.41, 5.74) is 9.81. The van der Waals surface area contributed by atoms with E-state index in [-0.39, 0.29) is 6.17 Å². The molecule has 0 amide bonds. The van der Waals surface area contributed by atoms with E-state index in [1.807, 2.05) is 30.3 Å². The molecule has 1 unspecified atom stereocenters. The quantitative estimate of drug-likeness (QED) is 0.193. The van der Waals surface area contributed by atoms with Gasteiger partial charge in [0.2, 0.25) is 0 Å².